The van der Waals surface area contributed by atoms with E-state index in [9.17, 15) is 0 Å². The molecule has 0 spiro atoms. The average Bonchev–Trinajstić information content (AvgIpc) is 3.22. The van der Waals surface area contributed by atoms with Crippen molar-refractivity contribution < 1.29 is 53.3 Å². The third-order valence-electron chi connectivity index (χ3n) is 3.86. The zero-order chi connectivity index (χ0) is 17.1. The Balaban J connectivity index is 0. The van der Waals surface area contributed by atoms with Crippen molar-refractivity contribution in [2.75, 3.05) is 6.61 Å². The van der Waals surface area contributed by atoms with Crippen molar-refractivity contribution >= 4 is 23.3 Å². The first-order chi connectivity index (χ1) is 11.0. The van der Waals surface area contributed by atoms with Crippen molar-refractivity contribution in [3.8, 4) is 0 Å². The van der Waals surface area contributed by atoms with Crippen LogP contribution in [0.15, 0.2) is 72.8 Å². The fourth-order valence-electron chi connectivity index (χ4n) is 1.86. The quantitative estimate of drug-likeness (QED) is 0.367. The molecule has 0 aliphatic rings. The van der Waals surface area contributed by atoms with Gasteiger partial charge in [-0.2, -0.15) is 35.7 Å². The Morgan fingerprint density at radius 1 is 1.00 bits per heavy atom. The van der Waals surface area contributed by atoms with E-state index in [1.165, 1.54) is 10.8 Å². The molecule has 6 heteroatoms. The van der Waals surface area contributed by atoms with E-state index in [0.29, 0.717) is 6.61 Å². The molecule has 0 fully saturated rings. The molecule has 0 saturated heterocycles. The molecule has 136 valence electrons. The zero-order valence-electron chi connectivity index (χ0n) is 15.0. The number of rotatable bonds is 3. The van der Waals surface area contributed by atoms with E-state index in [0.717, 1.165) is 6.04 Å². The van der Waals surface area contributed by atoms with E-state index in [1.54, 1.807) is 23.3 Å². The Morgan fingerprint density at radius 3 is 2.00 bits per heavy atom. The monoisotopic (exact) mass is 486 g/mol. The van der Waals surface area contributed by atoms with Crippen LogP contribution in [0.2, 0.25) is 25.7 Å². The number of fused-ring (bicyclic) bond motifs is 1. The Labute approximate surface area is 180 Å². The van der Waals surface area contributed by atoms with E-state index in [-0.39, 0.29) is 29.8 Å². The molecule has 0 amide bonds. The summed E-state index contributed by atoms with van der Waals surface area (Å²) in [6.45, 7) is 7.60. The van der Waals surface area contributed by atoms with Gasteiger partial charge in [-0.25, -0.2) is 12.1 Å². The van der Waals surface area contributed by atoms with Crippen LogP contribution < -0.4 is 24.8 Å². The van der Waals surface area contributed by atoms with E-state index < -0.39 is 7.59 Å². The number of benzene rings is 1. The third kappa shape index (κ3) is 11.4. The number of aliphatic hydroxyl groups excluding tert-OH is 1. The molecule has 0 radical (unpaired) electrons. The summed E-state index contributed by atoms with van der Waals surface area (Å²) in [7, 11) is -0.889. The van der Waals surface area contributed by atoms with Gasteiger partial charge in [-0.05, 0) is 0 Å². The van der Waals surface area contributed by atoms with Crippen molar-refractivity contribution in [2.24, 2.45) is 0 Å². The molecule has 0 unspecified atom stereocenters. The fraction of sp³-hybridized carbons (Fsp3) is 0.263. The number of halogens is 2. The Hall–Kier alpha value is 0.0369. The van der Waals surface area contributed by atoms with Crippen LogP contribution in [0, 0.1) is 0 Å². The predicted molar refractivity (Wildman–Crippen MR) is 103 cm³/mol. The Bertz CT molecular complexity index is 634. The smallest absolute Gasteiger partial charge is 0.0809 e. The molecule has 0 saturated carbocycles. The molecule has 1 nitrogen and oxygen atoms in total. The molecule has 25 heavy (non-hydrogen) atoms. The molecular formula is C19H26Cl2OSi2Zr-2. The van der Waals surface area contributed by atoms with E-state index in [1.807, 2.05) is 30.3 Å². The second kappa shape index (κ2) is 15.1. The summed E-state index contributed by atoms with van der Waals surface area (Å²) in [6.07, 6.45) is 0. The van der Waals surface area contributed by atoms with Crippen molar-refractivity contribution in [1.82, 2.24) is 0 Å². The van der Waals surface area contributed by atoms with Crippen LogP contribution in [0.4, 0.5) is 0 Å². The summed E-state index contributed by atoms with van der Waals surface area (Å²) >= 11 is 1.73. The van der Waals surface area contributed by atoms with Crippen LogP contribution in [0.3, 0.4) is 0 Å². The van der Waals surface area contributed by atoms with Gasteiger partial charge < -0.3 is 24.8 Å². The normalized spacial score (nSPS) is 9.52. The number of aliphatic hydroxyl groups is 1. The van der Waals surface area contributed by atoms with Crippen LogP contribution in [-0.2, 0) is 23.3 Å². The summed E-state index contributed by atoms with van der Waals surface area (Å²) in [6, 6.07) is 25.8. The predicted octanol–water partition coefficient (Wildman–Crippen LogP) is -1.09. The van der Waals surface area contributed by atoms with Crippen molar-refractivity contribution in [2.45, 2.75) is 25.7 Å². The molecular weight excluding hydrogens is 463 g/mol. The minimum absolute atomic E-state index is 0. The molecule has 3 aromatic carbocycles. The van der Waals surface area contributed by atoms with Crippen LogP contribution >= 0.6 is 0 Å². The molecule has 1 N–H and O–H groups in total. The molecule has 3 rings (SSSR count). The maximum absolute atomic E-state index is 8.71. The molecule has 0 bridgehead atoms. The maximum atomic E-state index is 8.71. The van der Waals surface area contributed by atoms with Crippen molar-refractivity contribution in [1.29, 1.82) is 0 Å². The maximum Gasteiger partial charge on any atom is -0.0809 e. The fourth-order valence-corrected chi connectivity index (χ4v) is 7.02. The first-order valence-electron chi connectivity index (χ1n) is 7.91. The largest absolute Gasteiger partial charge is 1.00 e. The van der Waals surface area contributed by atoms with Crippen LogP contribution in [0.1, 0.15) is 0 Å². The van der Waals surface area contributed by atoms with Gasteiger partial charge in [0.15, 0.2) is 0 Å². The third-order valence-corrected chi connectivity index (χ3v) is 29.2. The van der Waals surface area contributed by atoms with E-state index in [2.05, 4.69) is 62.1 Å². The number of hydrogen-bond acceptors (Lipinski definition) is 1. The zero-order valence-corrected chi connectivity index (χ0v) is 21.0. The summed E-state index contributed by atoms with van der Waals surface area (Å²) in [5.41, 5.74) is 0. The summed E-state index contributed by atoms with van der Waals surface area (Å²) < 4.78 is 0. The first kappa shape index (κ1) is 27.3. The minimum Gasteiger partial charge on any atom is -1.00 e. The van der Waals surface area contributed by atoms with Crippen molar-refractivity contribution in [3.63, 3.8) is 0 Å². The van der Waals surface area contributed by atoms with Crippen LogP contribution in [0.25, 0.3) is 10.8 Å². The van der Waals surface area contributed by atoms with Gasteiger partial charge in [-0.15, -0.1) is 29.7 Å². The molecule has 0 atom stereocenters. The average molecular weight is 489 g/mol. The van der Waals surface area contributed by atoms with Gasteiger partial charge in [0.1, 0.15) is 0 Å². The molecule has 0 heterocycles. The summed E-state index contributed by atoms with van der Waals surface area (Å²) in [5, 5.41) is 11.4. The van der Waals surface area contributed by atoms with Crippen LogP contribution in [-0.4, -0.2) is 24.3 Å². The van der Waals surface area contributed by atoms with Gasteiger partial charge in [0, 0.05) is 0 Å². The Morgan fingerprint density at radius 2 is 1.60 bits per heavy atom. The van der Waals surface area contributed by atoms with Crippen molar-refractivity contribution in [3.05, 3.63) is 72.8 Å². The first-order valence-corrected chi connectivity index (χ1v) is 17.8. The Kier molecular flexibility index (Phi) is 16.5. The van der Waals surface area contributed by atoms with Gasteiger partial charge in [0.05, 0.1) is 0 Å². The molecule has 0 aliphatic heterocycles. The molecule has 0 aliphatic carbocycles. The summed E-state index contributed by atoms with van der Waals surface area (Å²) in [4.78, 5) is -0.00455. The van der Waals surface area contributed by atoms with Gasteiger partial charge in [0.25, 0.3) is 0 Å². The SMILES string of the molecule is C[Si](=[Zr+2])[Si](C)(C)CCO.[Cl-].[Cl-].c1cc[cH-]c1.c1ccc2[cH-]ccc2c1. The van der Waals surface area contributed by atoms with Crippen LogP contribution in [0.5, 0.6) is 0 Å². The minimum atomic E-state index is -0.889. The second-order valence-electron chi connectivity index (χ2n) is 6.10. The molecule has 3 aromatic rings. The van der Waals surface area contributed by atoms with E-state index >= 15 is 0 Å². The number of hydrogen-bond donors (Lipinski definition) is 1. The topological polar surface area (TPSA) is 20.2 Å². The molecule has 0 aromatic heterocycles. The summed E-state index contributed by atoms with van der Waals surface area (Å²) in [5.74, 6) is 0. The van der Waals surface area contributed by atoms with E-state index in [4.69, 9.17) is 5.11 Å². The standard InChI is InChI=1S/C9H7.C5H14OSi2.C5H5.2ClH.Zr/c1-2-5-9-7-3-6-8(9)4-1;1-7-8(2,3)5-4-6;1-2-4-5-3-1;;;/h1-7H;6H,4-5H2,1-3H3;1-5H;2*1H;/q-1;;-1;;;+2/p-2. The second-order valence-corrected chi connectivity index (χ2v) is 27.1. The van der Waals surface area contributed by atoms with Gasteiger partial charge in [0.2, 0.25) is 0 Å². The van der Waals surface area contributed by atoms with Gasteiger partial charge in [-0.1, -0.05) is 6.07 Å². The van der Waals surface area contributed by atoms with Gasteiger partial charge in [-0.3, -0.25) is 0 Å². The van der Waals surface area contributed by atoms with Gasteiger partial charge >= 0.3 is 73.3 Å².